The van der Waals surface area contributed by atoms with Crippen LogP contribution in [0.15, 0.2) is 83.0 Å². The Morgan fingerprint density at radius 1 is 1.09 bits per heavy atom. The first-order chi connectivity index (χ1) is 17.1. The van der Waals surface area contributed by atoms with E-state index < -0.39 is 0 Å². The quantitative estimate of drug-likeness (QED) is 0.464. The highest BCUT2D eigenvalue weighted by atomic mass is 32.2. The Labute approximate surface area is 209 Å². The molecule has 1 fully saturated rings. The normalized spacial score (nSPS) is 17.6. The molecule has 0 spiro atoms. The van der Waals surface area contributed by atoms with Crippen LogP contribution in [-0.4, -0.2) is 41.4 Å². The number of allylic oxidation sites excluding steroid dienone is 1. The molecule has 1 N–H and O–H groups in total. The third kappa shape index (κ3) is 4.44. The lowest BCUT2D eigenvalue weighted by atomic mass is 9.93. The molecule has 1 unspecified atom stereocenters. The van der Waals surface area contributed by atoms with Crippen LogP contribution in [0.5, 0.6) is 0 Å². The van der Waals surface area contributed by atoms with Gasteiger partial charge in [0.05, 0.1) is 24.4 Å². The van der Waals surface area contributed by atoms with Gasteiger partial charge in [-0.05, 0) is 47.4 Å². The molecule has 1 amide bonds. The number of thioether (sulfide) groups is 1. The van der Waals surface area contributed by atoms with Gasteiger partial charge in [-0.1, -0.05) is 67.2 Å². The van der Waals surface area contributed by atoms with E-state index in [0.717, 1.165) is 45.9 Å². The summed E-state index contributed by atoms with van der Waals surface area (Å²) in [7, 11) is 1.41. The third-order valence-corrected chi connectivity index (χ3v) is 7.48. The fraction of sp³-hybridized carbons (Fsp3) is 0.250. The van der Waals surface area contributed by atoms with Crippen molar-refractivity contribution in [3.63, 3.8) is 0 Å². The first-order valence-corrected chi connectivity index (χ1v) is 12.8. The summed E-state index contributed by atoms with van der Waals surface area (Å²) >= 11 is 1.73. The second-order valence-electron chi connectivity index (χ2n) is 8.50. The number of nitrogens with one attached hydrogen (secondary N) is 1. The summed E-state index contributed by atoms with van der Waals surface area (Å²) < 4.78 is 5.16. The fourth-order valence-electron chi connectivity index (χ4n) is 4.73. The lowest BCUT2D eigenvalue weighted by molar-refractivity contribution is -0.136. The van der Waals surface area contributed by atoms with Crippen molar-refractivity contribution in [3.8, 4) is 0 Å². The number of methoxy groups -OCH3 is 1. The largest absolute Gasteiger partial charge is 0.466 e. The Morgan fingerprint density at radius 3 is 2.63 bits per heavy atom. The number of ether oxygens (including phenoxy) is 1. The number of benzene rings is 3. The van der Waals surface area contributed by atoms with Gasteiger partial charge in [-0.25, -0.2) is 9.79 Å². The van der Waals surface area contributed by atoms with Crippen molar-refractivity contribution in [2.24, 2.45) is 4.99 Å². The number of nitrogens with zero attached hydrogens (tertiary/aromatic N) is 2. The van der Waals surface area contributed by atoms with Gasteiger partial charge in [-0.3, -0.25) is 4.79 Å². The smallest absolute Gasteiger partial charge is 0.338 e. The van der Waals surface area contributed by atoms with Crippen LogP contribution < -0.4 is 5.32 Å². The minimum atomic E-state index is -0.349. The van der Waals surface area contributed by atoms with Gasteiger partial charge in [-0.15, -0.1) is 0 Å². The third-order valence-electron chi connectivity index (χ3n) is 6.41. The second kappa shape index (κ2) is 9.96. The molecule has 0 aromatic heterocycles. The maximum absolute atomic E-state index is 13.1. The topological polar surface area (TPSA) is 71.0 Å². The lowest BCUT2D eigenvalue weighted by Gasteiger charge is -2.40. The number of hydrogen-bond donors (Lipinski definition) is 1. The highest BCUT2D eigenvalue weighted by molar-refractivity contribution is 8.13. The molecule has 6 nitrogen and oxygen atoms in total. The van der Waals surface area contributed by atoms with Crippen molar-refractivity contribution in [1.29, 1.82) is 0 Å². The van der Waals surface area contributed by atoms with Crippen molar-refractivity contribution in [3.05, 3.63) is 89.1 Å². The highest BCUT2D eigenvalue weighted by Gasteiger charge is 2.38. The van der Waals surface area contributed by atoms with Crippen molar-refractivity contribution < 1.29 is 14.3 Å². The zero-order valence-electron chi connectivity index (χ0n) is 19.8. The van der Waals surface area contributed by atoms with Crippen LogP contribution in [0.3, 0.4) is 0 Å². The number of carbonyl (C=O) groups is 2. The van der Waals surface area contributed by atoms with Gasteiger partial charge in [0, 0.05) is 23.5 Å². The molecule has 1 atom stereocenters. The molecule has 0 aliphatic carbocycles. The average Bonchev–Trinajstić information content (AvgIpc) is 2.91. The van der Waals surface area contributed by atoms with E-state index in [2.05, 4.69) is 10.2 Å². The summed E-state index contributed by atoms with van der Waals surface area (Å²) in [6.45, 7) is 2.84. The number of esters is 1. The number of fused-ring (bicyclic) bond motifs is 2. The van der Waals surface area contributed by atoms with Crippen LogP contribution >= 0.6 is 11.8 Å². The van der Waals surface area contributed by atoms with Crippen molar-refractivity contribution >= 4 is 45.3 Å². The van der Waals surface area contributed by atoms with Crippen molar-refractivity contribution in [2.45, 2.75) is 25.8 Å². The molecule has 178 valence electrons. The second-order valence-corrected chi connectivity index (χ2v) is 9.56. The number of carbonyl (C=O) groups excluding carboxylic acids is 2. The molecule has 1 saturated heterocycles. The summed E-state index contributed by atoms with van der Waals surface area (Å²) in [6.07, 6.45) is 1.67. The molecule has 5 rings (SSSR count). The number of rotatable bonds is 5. The molecule has 2 aliphatic heterocycles. The fourth-order valence-corrected chi connectivity index (χ4v) is 5.72. The first kappa shape index (κ1) is 23.2. The van der Waals surface area contributed by atoms with Crippen LogP contribution in [0.1, 0.15) is 41.7 Å². The Hall–Kier alpha value is -3.58. The van der Waals surface area contributed by atoms with E-state index in [4.69, 9.17) is 9.73 Å². The molecular formula is C28H27N3O3S. The molecule has 2 heterocycles. The summed E-state index contributed by atoms with van der Waals surface area (Å²) in [5.41, 5.74) is 3.66. The molecular weight excluding hydrogens is 458 g/mol. The zero-order valence-corrected chi connectivity index (χ0v) is 20.6. The Morgan fingerprint density at radius 2 is 1.86 bits per heavy atom. The molecule has 7 heteroatoms. The maximum atomic E-state index is 13.1. The minimum Gasteiger partial charge on any atom is -0.466 e. The van der Waals surface area contributed by atoms with Crippen LogP contribution in [-0.2, 0) is 9.53 Å². The highest BCUT2D eigenvalue weighted by Crippen LogP contribution is 2.41. The Bertz CT molecular complexity index is 1340. The van der Waals surface area contributed by atoms with E-state index in [0.29, 0.717) is 23.2 Å². The van der Waals surface area contributed by atoms with Crippen molar-refractivity contribution in [2.75, 3.05) is 24.7 Å². The average molecular weight is 486 g/mol. The molecule has 0 bridgehead atoms. The van der Waals surface area contributed by atoms with E-state index in [1.165, 1.54) is 7.11 Å². The maximum Gasteiger partial charge on any atom is 0.338 e. The SMILES string of the molecule is CCC1=C(C(=O)OC)C(c2ccc(NC(=O)c3cccc4ccccc34)cc2)N2CCCSC2=N1. The van der Waals surface area contributed by atoms with Gasteiger partial charge in [0.25, 0.3) is 5.91 Å². The van der Waals surface area contributed by atoms with Crippen molar-refractivity contribution in [1.82, 2.24) is 4.90 Å². The van der Waals surface area contributed by atoms with Gasteiger partial charge in [0.15, 0.2) is 5.17 Å². The molecule has 0 saturated carbocycles. The predicted molar refractivity (Wildman–Crippen MR) is 142 cm³/mol. The predicted octanol–water partition coefficient (Wildman–Crippen LogP) is 5.78. The summed E-state index contributed by atoms with van der Waals surface area (Å²) in [5, 5.41) is 5.92. The summed E-state index contributed by atoms with van der Waals surface area (Å²) in [6, 6.07) is 21.0. The standard InChI is InChI=1S/C28H27N3O3S/c1-3-23-24(27(33)34-2)25(31-16-7-17-35-28(31)30-23)19-12-14-20(15-13-19)29-26(32)22-11-6-9-18-8-4-5-10-21(18)22/h4-6,8-15,25H,3,7,16-17H2,1-2H3,(H,29,32). The van der Waals surface area contributed by atoms with E-state index in [1.54, 1.807) is 11.8 Å². The van der Waals surface area contributed by atoms with Crippen LogP contribution in [0.25, 0.3) is 10.8 Å². The monoisotopic (exact) mass is 485 g/mol. The molecule has 35 heavy (non-hydrogen) atoms. The Balaban J connectivity index is 1.45. The van der Waals surface area contributed by atoms with E-state index >= 15 is 0 Å². The van der Waals surface area contributed by atoms with Crippen LogP contribution in [0.2, 0.25) is 0 Å². The van der Waals surface area contributed by atoms with Gasteiger partial charge in [0.1, 0.15) is 0 Å². The Kier molecular flexibility index (Phi) is 6.59. The number of aliphatic imine (C=N–C) groups is 1. The summed E-state index contributed by atoms with van der Waals surface area (Å²) in [5.74, 6) is 0.516. The number of anilines is 1. The number of amides is 1. The van der Waals surface area contributed by atoms with Gasteiger partial charge >= 0.3 is 5.97 Å². The van der Waals surface area contributed by atoms with Crippen LogP contribution in [0, 0.1) is 0 Å². The van der Waals surface area contributed by atoms with E-state index in [1.807, 2.05) is 73.7 Å². The van der Waals surface area contributed by atoms with Gasteiger partial charge < -0.3 is 15.0 Å². The summed E-state index contributed by atoms with van der Waals surface area (Å²) in [4.78, 5) is 32.9. The minimum absolute atomic E-state index is 0.155. The molecule has 3 aromatic rings. The lowest BCUT2D eigenvalue weighted by Crippen LogP contribution is -2.42. The van der Waals surface area contributed by atoms with Gasteiger partial charge in [-0.2, -0.15) is 0 Å². The number of hydrogen-bond acceptors (Lipinski definition) is 6. The number of amidine groups is 1. The zero-order chi connectivity index (χ0) is 24.4. The van der Waals surface area contributed by atoms with E-state index in [9.17, 15) is 9.59 Å². The molecule has 2 aliphatic rings. The van der Waals surface area contributed by atoms with E-state index in [-0.39, 0.29) is 17.9 Å². The van der Waals surface area contributed by atoms with Crippen LogP contribution in [0.4, 0.5) is 5.69 Å². The van der Waals surface area contributed by atoms with Gasteiger partial charge in [0.2, 0.25) is 0 Å². The molecule has 3 aromatic carbocycles. The first-order valence-electron chi connectivity index (χ1n) is 11.8. The molecule has 0 radical (unpaired) electrons.